The molecule has 0 aliphatic carbocycles. The molecule has 39 heavy (non-hydrogen) atoms. The molecule has 3 aliphatic heterocycles. The lowest BCUT2D eigenvalue weighted by atomic mass is 9.96. The third-order valence-corrected chi connectivity index (χ3v) is 8.62. The predicted octanol–water partition coefficient (Wildman–Crippen LogP) is 4.77. The van der Waals surface area contributed by atoms with Gasteiger partial charge in [0.15, 0.2) is 0 Å². The van der Waals surface area contributed by atoms with Gasteiger partial charge < -0.3 is 19.9 Å². The molecule has 9 nitrogen and oxygen atoms in total. The summed E-state index contributed by atoms with van der Waals surface area (Å²) in [6.07, 6.45) is 4.66. The quantitative estimate of drug-likeness (QED) is 0.285. The lowest BCUT2D eigenvalue weighted by molar-refractivity contribution is -0.384. The Morgan fingerprint density at radius 2 is 1.85 bits per heavy atom. The third kappa shape index (κ3) is 4.55. The van der Waals surface area contributed by atoms with Gasteiger partial charge in [-0.25, -0.2) is 0 Å². The Bertz CT molecular complexity index is 1560. The fourth-order valence-electron chi connectivity index (χ4n) is 6.53. The molecule has 0 amide bonds. The van der Waals surface area contributed by atoms with Crippen LogP contribution in [0.2, 0.25) is 0 Å². The Balaban J connectivity index is 1.33. The first kappa shape index (κ1) is 24.2. The Morgan fingerprint density at radius 3 is 2.62 bits per heavy atom. The molecule has 200 valence electrons. The first-order chi connectivity index (χ1) is 19.0. The number of likely N-dealkylation sites (tertiary alicyclic amines) is 1. The smallest absolute Gasteiger partial charge is 0.319 e. The van der Waals surface area contributed by atoms with Crippen molar-refractivity contribution in [3.63, 3.8) is 0 Å². The van der Waals surface area contributed by atoms with Crippen LogP contribution in [0.5, 0.6) is 6.01 Å². The highest BCUT2D eigenvalue weighted by atomic mass is 16.6. The first-order valence-corrected chi connectivity index (χ1v) is 13.9. The number of piperazine rings is 1. The molecule has 3 fully saturated rings. The van der Waals surface area contributed by atoms with Crippen LogP contribution in [0.25, 0.3) is 32.8 Å². The number of aromatic nitrogens is 2. The second kappa shape index (κ2) is 9.73. The summed E-state index contributed by atoms with van der Waals surface area (Å²) in [5.41, 5.74) is 2.56. The molecule has 2 bridgehead atoms. The standard InChI is InChI=1S/C30H32N6O3/c1-34-12-4-6-23(34)18-39-30-32-28-14-20(27-15-24(36(37)38)13-19-5-2-3-7-25(19)27)8-11-26(28)29(33-30)35-16-21-9-10-22(17-35)31-21/h2-3,5,7-8,11,13-15,21-23,31H,4,6,9-10,12,16-18H2,1H3/t21-,22+,23-/m0/s1. The summed E-state index contributed by atoms with van der Waals surface area (Å²) < 4.78 is 6.24. The van der Waals surface area contributed by atoms with Crippen LogP contribution in [-0.4, -0.2) is 71.2 Å². The molecule has 0 radical (unpaired) electrons. The number of anilines is 1. The lowest BCUT2D eigenvalue weighted by Crippen LogP contribution is -2.51. The van der Waals surface area contributed by atoms with Gasteiger partial charge in [-0.1, -0.05) is 30.3 Å². The number of hydrogen-bond donors (Lipinski definition) is 1. The van der Waals surface area contributed by atoms with E-state index in [0.29, 0.717) is 30.7 Å². The Labute approximate surface area is 226 Å². The molecular formula is C30H32N6O3. The molecule has 9 heteroatoms. The van der Waals surface area contributed by atoms with E-state index in [4.69, 9.17) is 14.7 Å². The van der Waals surface area contributed by atoms with Crippen LogP contribution in [0.4, 0.5) is 11.5 Å². The minimum absolute atomic E-state index is 0.0770. The average molecular weight is 525 g/mol. The molecular weight excluding hydrogens is 492 g/mol. The molecule has 3 saturated heterocycles. The Hall–Kier alpha value is -3.82. The van der Waals surface area contributed by atoms with Crippen LogP contribution in [-0.2, 0) is 0 Å². The number of benzene rings is 3. The van der Waals surface area contributed by atoms with Crippen molar-refractivity contribution in [1.29, 1.82) is 0 Å². The van der Waals surface area contributed by atoms with E-state index in [1.54, 1.807) is 12.1 Å². The number of ether oxygens (including phenoxy) is 1. The average Bonchev–Trinajstić information content (AvgIpc) is 3.53. The second-order valence-electron chi connectivity index (χ2n) is 11.2. The topological polar surface area (TPSA) is 96.7 Å². The highest BCUT2D eigenvalue weighted by Crippen LogP contribution is 2.37. The summed E-state index contributed by atoms with van der Waals surface area (Å²) in [5.74, 6) is 0.906. The highest BCUT2D eigenvalue weighted by molar-refractivity contribution is 6.01. The number of nitrogens with one attached hydrogen (secondary N) is 1. The SMILES string of the molecule is CN1CCC[C@H]1COc1nc(N2C[C@H]3CC[C@@H](C2)N3)c2ccc(-c3cc([N+](=O)[O-])cc4ccccc34)cc2n1. The number of nitrogens with zero attached hydrogens (tertiary/aromatic N) is 5. The number of rotatable bonds is 6. The number of likely N-dealkylation sites (N-methyl/N-ethyl adjacent to an activating group) is 1. The van der Waals surface area contributed by atoms with E-state index in [9.17, 15) is 10.1 Å². The van der Waals surface area contributed by atoms with Crippen molar-refractivity contribution >= 4 is 33.2 Å². The number of nitro benzene ring substituents is 1. The van der Waals surface area contributed by atoms with Gasteiger partial charge >= 0.3 is 6.01 Å². The number of non-ortho nitro benzene ring substituents is 1. The first-order valence-electron chi connectivity index (χ1n) is 13.9. The maximum absolute atomic E-state index is 11.7. The van der Waals surface area contributed by atoms with Crippen LogP contribution in [0.3, 0.4) is 0 Å². The van der Waals surface area contributed by atoms with Crippen LogP contribution in [0, 0.1) is 10.1 Å². The van der Waals surface area contributed by atoms with Gasteiger partial charge in [-0.15, -0.1) is 0 Å². The normalized spacial score (nSPS) is 23.1. The summed E-state index contributed by atoms with van der Waals surface area (Å²) in [6.45, 7) is 3.46. The molecule has 3 aromatic carbocycles. The molecule has 1 aromatic heterocycles. The summed E-state index contributed by atoms with van der Waals surface area (Å²) in [7, 11) is 2.14. The van der Waals surface area contributed by atoms with Gasteiger partial charge in [0.05, 0.1) is 10.4 Å². The van der Waals surface area contributed by atoms with Gasteiger partial charge in [-0.05, 0) is 73.3 Å². The fourth-order valence-corrected chi connectivity index (χ4v) is 6.53. The van der Waals surface area contributed by atoms with Crippen LogP contribution in [0.1, 0.15) is 25.7 Å². The van der Waals surface area contributed by atoms with E-state index in [1.165, 1.54) is 19.3 Å². The largest absolute Gasteiger partial charge is 0.462 e. The summed E-state index contributed by atoms with van der Waals surface area (Å²) in [6, 6.07) is 18.9. The molecule has 3 aliphatic rings. The number of hydrogen-bond acceptors (Lipinski definition) is 8. The molecule has 0 spiro atoms. The second-order valence-corrected chi connectivity index (χ2v) is 11.2. The lowest BCUT2D eigenvalue weighted by Gasteiger charge is -2.34. The molecule has 0 saturated carbocycles. The zero-order valence-corrected chi connectivity index (χ0v) is 22.0. The van der Waals surface area contributed by atoms with Gasteiger partial charge in [-0.2, -0.15) is 9.97 Å². The monoisotopic (exact) mass is 524 g/mol. The predicted molar refractivity (Wildman–Crippen MR) is 152 cm³/mol. The molecule has 4 heterocycles. The van der Waals surface area contributed by atoms with Crippen molar-refractivity contribution in [2.75, 3.05) is 38.2 Å². The molecule has 3 atom stereocenters. The van der Waals surface area contributed by atoms with Crippen LogP contribution in [0.15, 0.2) is 54.6 Å². The van der Waals surface area contributed by atoms with Crippen LogP contribution >= 0.6 is 0 Å². The minimum atomic E-state index is -0.331. The maximum Gasteiger partial charge on any atom is 0.319 e. The van der Waals surface area contributed by atoms with E-state index in [1.807, 2.05) is 36.4 Å². The molecule has 4 aromatic rings. The zero-order valence-electron chi connectivity index (χ0n) is 22.0. The van der Waals surface area contributed by atoms with Crippen molar-refractivity contribution in [1.82, 2.24) is 20.2 Å². The van der Waals surface area contributed by atoms with Gasteiger partial charge in [0.25, 0.3) is 5.69 Å². The van der Waals surface area contributed by atoms with Gasteiger partial charge in [0.2, 0.25) is 0 Å². The maximum atomic E-state index is 11.7. The number of nitro groups is 1. The third-order valence-electron chi connectivity index (χ3n) is 8.62. The van der Waals surface area contributed by atoms with Gasteiger partial charge in [0.1, 0.15) is 12.4 Å². The minimum Gasteiger partial charge on any atom is -0.462 e. The van der Waals surface area contributed by atoms with Gasteiger partial charge in [-0.3, -0.25) is 10.1 Å². The van der Waals surface area contributed by atoms with E-state index in [-0.39, 0.29) is 10.6 Å². The molecule has 7 rings (SSSR count). The summed E-state index contributed by atoms with van der Waals surface area (Å²) >= 11 is 0. The van der Waals surface area contributed by atoms with Crippen molar-refractivity contribution in [3.8, 4) is 17.1 Å². The van der Waals surface area contributed by atoms with Crippen molar-refractivity contribution < 1.29 is 9.66 Å². The molecule has 0 unspecified atom stereocenters. The Morgan fingerprint density at radius 1 is 1.03 bits per heavy atom. The van der Waals surface area contributed by atoms with E-state index >= 15 is 0 Å². The van der Waals surface area contributed by atoms with Crippen LogP contribution < -0.4 is 15.0 Å². The molecule has 1 N–H and O–H groups in total. The van der Waals surface area contributed by atoms with Crippen molar-refractivity contribution in [2.45, 2.75) is 43.8 Å². The summed E-state index contributed by atoms with van der Waals surface area (Å²) in [5, 5.41) is 18.2. The zero-order chi connectivity index (χ0) is 26.5. The van der Waals surface area contributed by atoms with E-state index in [0.717, 1.165) is 64.7 Å². The van der Waals surface area contributed by atoms with E-state index < -0.39 is 0 Å². The van der Waals surface area contributed by atoms with Crippen molar-refractivity contribution in [3.05, 3.63) is 64.7 Å². The van der Waals surface area contributed by atoms with Crippen molar-refractivity contribution in [2.24, 2.45) is 0 Å². The highest BCUT2D eigenvalue weighted by Gasteiger charge is 2.34. The van der Waals surface area contributed by atoms with Gasteiger partial charge in [0, 0.05) is 48.7 Å². The number of fused-ring (bicyclic) bond motifs is 4. The Kier molecular flexibility index (Phi) is 6.05. The summed E-state index contributed by atoms with van der Waals surface area (Å²) in [4.78, 5) is 25.9. The fraction of sp³-hybridized carbons (Fsp3) is 0.400. The van der Waals surface area contributed by atoms with E-state index in [2.05, 4.69) is 28.2 Å².